The van der Waals surface area contributed by atoms with Crippen molar-refractivity contribution in [2.75, 3.05) is 34.4 Å². The number of rotatable bonds is 5. The number of nitriles is 1. The van der Waals surface area contributed by atoms with Crippen molar-refractivity contribution >= 4 is 6.03 Å². The van der Waals surface area contributed by atoms with E-state index in [4.69, 9.17) is 19.5 Å². The molecule has 0 aliphatic carbocycles. The molecule has 1 aliphatic heterocycles. The second-order valence-electron chi connectivity index (χ2n) is 6.02. The number of carbonyl (C=O) groups is 1. The van der Waals surface area contributed by atoms with Crippen molar-refractivity contribution in [2.45, 2.75) is 25.8 Å². The molecule has 1 fully saturated rings. The number of benzene rings is 1. The Hall–Kier alpha value is -2.62. The van der Waals surface area contributed by atoms with E-state index in [0.29, 0.717) is 30.3 Å². The van der Waals surface area contributed by atoms with Gasteiger partial charge in [0.2, 0.25) is 5.75 Å². The fourth-order valence-corrected chi connectivity index (χ4v) is 2.92. The zero-order chi connectivity index (χ0) is 18.4. The Kier molecular flexibility index (Phi) is 6.34. The number of carbonyl (C=O) groups excluding carboxylic acids is 1. The van der Waals surface area contributed by atoms with E-state index in [1.807, 2.05) is 19.1 Å². The van der Waals surface area contributed by atoms with Crippen molar-refractivity contribution in [2.24, 2.45) is 5.92 Å². The molecular weight excluding hydrogens is 322 g/mol. The summed E-state index contributed by atoms with van der Waals surface area (Å²) in [7, 11) is 4.67. The van der Waals surface area contributed by atoms with Gasteiger partial charge < -0.3 is 24.4 Å². The lowest BCUT2D eigenvalue weighted by Crippen LogP contribution is -2.45. The molecule has 0 aromatic heterocycles. The molecule has 1 aromatic carbocycles. The summed E-state index contributed by atoms with van der Waals surface area (Å²) in [6.45, 7) is 3.11. The number of likely N-dealkylation sites (tertiary alicyclic amines) is 1. The van der Waals surface area contributed by atoms with Crippen molar-refractivity contribution in [1.29, 1.82) is 5.26 Å². The molecule has 1 aliphatic rings. The molecule has 1 N–H and O–H groups in total. The quantitative estimate of drug-likeness (QED) is 0.885. The largest absolute Gasteiger partial charge is 0.493 e. The number of hydrogen-bond acceptors (Lipinski definition) is 5. The van der Waals surface area contributed by atoms with Crippen LogP contribution in [-0.4, -0.2) is 45.3 Å². The van der Waals surface area contributed by atoms with E-state index >= 15 is 0 Å². The van der Waals surface area contributed by atoms with Crippen LogP contribution in [-0.2, 0) is 0 Å². The molecule has 0 spiro atoms. The molecule has 0 unspecified atom stereocenters. The summed E-state index contributed by atoms with van der Waals surface area (Å²) in [5.74, 6) is 1.67. The first-order valence-corrected chi connectivity index (χ1v) is 8.29. The van der Waals surface area contributed by atoms with Crippen molar-refractivity contribution in [3.05, 3.63) is 17.7 Å². The Morgan fingerprint density at radius 3 is 2.20 bits per heavy atom. The second-order valence-corrected chi connectivity index (χ2v) is 6.02. The molecule has 7 nitrogen and oxygen atoms in total. The van der Waals surface area contributed by atoms with Crippen LogP contribution in [0.4, 0.5) is 4.79 Å². The Balaban J connectivity index is 2.09. The van der Waals surface area contributed by atoms with Crippen LogP contribution < -0.4 is 19.5 Å². The summed E-state index contributed by atoms with van der Waals surface area (Å²) in [5.41, 5.74) is 0.856. The van der Waals surface area contributed by atoms with E-state index < -0.39 is 0 Å². The van der Waals surface area contributed by atoms with Crippen LogP contribution in [0.5, 0.6) is 17.2 Å². The first-order chi connectivity index (χ1) is 12.0. The van der Waals surface area contributed by atoms with E-state index in [0.717, 1.165) is 18.4 Å². The van der Waals surface area contributed by atoms with Crippen molar-refractivity contribution in [3.8, 4) is 23.3 Å². The Labute approximate surface area is 148 Å². The molecule has 1 saturated heterocycles. The summed E-state index contributed by atoms with van der Waals surface area (Å²) >= 11 is 0. The van der Waals surface area contributed by atoms with Gasteiger partial charge in [-0.25, -0.2) is 4.79 Å². The maximum absolute atomic E-state index is 12.5. The molecule has 25 heavy (non-hydrogen) atoms. The average molecular weight is 347 g/mol. The Morgan fingerprint density at radius 2 is 1.76 bits per heavy atom. The Morgan fingerprint density at radius 1 is 1.20 bits per heavy atom. The smallest absolute Gasteiger partial charge is 0.317 e. The third kappa shape index (κ3) is 4.27. The summed E-state index contributed by atoms with van der Waals surface area (Å²) in [4.78, 5) is 14.2. The molecule has 1 heterocycles. The predicted octanol–water partition coefficient (Wildman–Crippen LogP) is 2.72. The van der Waals surface area contributed by atoms with Gasteiger partial charge in [0.15, 0.2) is 11.5 Å². The number of nitrogens with zero attached hydrogens (tertiary/aromatic N) is 2. The highest BCUT2D eigenvalue weighted by Gasteiger charge is 2.24. The van der Waals surface area contributed by atoms with Crippen molar-refractivity contribution in [3.63, 3.8) is 0 Å². The molecule has 0 bridgehead atoms. The summed E-state index contributed by atoms with van der Waals surface area (Å²) < 4.78 is 16.0. The molecule has 2 rings (SSSR count). The van der Waals surface area contributed by atoms with E-state index in [-0.39, 0.29) is 18.0 Å². The van der Waals surface area contributed by atoms with E-state index in [1.54, 1.807) is 26.2 Å². The van der Waals surface area contributed by atoms with Gasteiger partial charge in [0, 0.05) is 19.0 Å². The average Bonchev–Trinajstić information content (AvgIpc) is 2.66. The minimum atomic E-state index is -0.227. The molecule has 0 saturated carbocycles. The van der Waals surface area contributed by atoms with E-state index in [9.17, 15) is 4.79 Å². The van der Waals surface area contributed by atoms with Crippen molar-refractivity contribution in [1.82, 2.24) is 10.2 Å². The second kappa shape index (κ2) is 8.47. The third-order valence-electron chi connectivity index (χ3n) is 4.49. The molecule has 0 radical (unpaired) electrons. The minimum Gasteiger partial charge on any atom is -0.493 e. The number of methoxy groups -OCH3 is 3. The third-order valence-corrected chi connectivity index (χ3v) is 4.49. The maximum atomic E-state index is 12.5. The van der Waals surface area contributed by atoms with Gasteiger partial charge in [0.25, 0.3) is 0 Å². The topological polar surface area (TPSA) is 83.8 Å². The number of piperidine rings is 1. The summed E-state index contributed by atoms with van der Waals surface area (Å²) in [6.07, 6.45) is 1.45. The first kappa shape index (κ1) is 18.7. The maximum Gasteiger partial charge on any atom is 0.317 e. The molecule has 136 valence electrons. The monoisotopic (exact) mass is 347 g/mol. The lowest BCUT2D eigenvalue weighted by molar-refractivity contribution is 0.176. The zero-order valence-electron chi connectivity index (χ0n) is 15.2. The van der Waals surface area contributed by atoms with Gasteiger partial charge in [-0.2, -0.15) is 5.26 Å². The highest BCUT2D eigenvalue weighted by Crippen LogP contribution is 2.39. The van der Waals surface area contributed by atoms with Crippen molar-refractivity contribution < 1.29 is 19.0 Å². The SMILES string of the molecule is COc1cc([C@@H](C)NC(=O)N2CCC(C#N)CC2)cc(OC)c1OC. The molecule has 1 atom stereocenters. The number of amides is 2. The van der Waals surface area contributed by atoms with Gasteiger partial charge in [0.1, 0.15) is 0 Å². The highest BCUT2D eigenvalue weighted by atomic mass is 16.5. The van der Waals surface area contributed by atoms with Gasteiger partial charge in [-0.1, -0.05) is 0 Å². The molecular formula is C18H25N3O4. The highest BCUT2D eigenvalue weighted by molar-refractivity contribution is 5.75. The van der Waals surface area contributed by atoms with E-state index in [2.05, 4.69) is 11.4 Å². The molecule has 2 amide bonds. The van der Waals surface area contributed by atoms with Gasteiger partial charge >= 0.3 is 6.03 Å². The van der Waals surface area contributed by atoms with Crippen LogP contribution in [0.15, 0.2) is 12.1 Å². The standard InChI is InChI=1S/C18H25N3O4/c1-12(20-18(22)21-7-5-13(11-19)6-8-21)14-9-15(23-2)17(25-4)16(10-14)24-3/h9-10,12-13H,5-8H2,1-4H3,(H,20,22)/t12-/m1/s1. The number of nitrogens with one attached hydrogen (secondary N) is 1. The van der Waals surface area contributed by atoms with Gasteiger partial charge in [0.05, 0.1) is 33.4 Å². The van der Waals surface area contributed by atoms with Crippen LogP contribution in [0.2, 0.25) is 0 Å². The van der Waals surface area contributed by atoms with Crippen LogP contribution in [0.25, 0.3) is 0 Å². The first-order valence-electron chi connectivity index (χ1n) is 8.29. The van der Waals surface area contributed by atoms with Gasteiger partial charge in [-0.3, -0.25) is 0 Å². The normalized spacial score (nSPS) is 15.9. The van der Waals surface area contributed by atoms with Crippen LogP contribution in [0.3, 0.4) is 0 Å². The van der Waals surface area contributed by atoms with E-state index in [1.165, 1.54) is 0 Å². The Bertz CT molecular complexity index is 623. The molecule has 7 heteroatoms. The lowest BCUT2D eigenvalue weighted by Gasteiger charge is -2.30. The number of urea groups is 1. The molecule has 1 aromatic rings. The van der Waals surface area contributed by atoms with Crippen LogP contribution >= 0.6 is 0 Å². The fourth-order valence-electron chi connectivity index (χ4n) is 2.92. The summed E-state index contributed by atoms with van der Waals surface area (Å²) in [6, 6.07) is 5.57. The number of hydrogen-bond donors (Lipinski definition) is 1. The van der Waals surface area contributed by atoms with Crippen LogP contribution in [0, 0.1) is 17.2 Å². The number of ether oxygens (including phenoxy) is 3. The van der Waals surface area contributed by atoms with Crippen LogP contribution in [0.1, 0.15) is 31.4 Å². The van der Waals surface area contributed by atoms with Gasteiger partial charge in [-0.05, 0) is 37.5 Å². The lowest BCUT2D eigenvalue weighted by atomic mass is 9.99. The zero-order valence-corrected chi connectivity index (χ0v) is 15.2. The minimum absolute atomic E-state index is 0.0524. The fraction of sp³-hybridized carbons (Fsp3) is 0.556. The predicted molar refractivity (Wildman–Crippen MR) is 93.0 cm³/mol. The summed E-state index contributed by atoms with van der Waals surface area (Å²) in [5, 5.41) is 11.9. The van der Waals surface area contributed by atoms with Gasteiger partial charge in [-0.15, -0.1) is 0 Å².